The highest BCUT2D eigenvalue weighted by Crippen LogP contribution is 2.30. The van der Waals surface area contributed by atoms with E-state index < -0.39 is 5.60 Å². The van der Waals surface area contributed by atoms with E-state index in [4.69, 9.17) is 14.2 Å². The first-order valence-corrected chi connectivity index (χ1v) is 11.7. The van der Waals surface area contributed by atoms with Crippen molar-refractivity contribution in [3.8, 4) is 5.75 Å². The van der Waals surface area contributed by atoms with Gasteiger partial charge in [0.15, 0.2) is 0 Å². The third-order valence-corrected chi connectivity index (χ3v) is 5.85. The second-order valence-electron chi connectivity index (χ2n) is 9.55. The Bertz CT molecular complexity index is 805. The van der Waals surface area contributed by atoms with Crippen LogP contribution in [0.3, 0.4) is 0 Å². The van der Waals surface area contributed by atoms with E-state index in [0.717, 1.165) is 37.1 Å². The minimum Gasteiger partial charge on any atom is -0.492 e. The molecule has 1 unspecified atom stereocenters. The molecule has 1 aliphatic heterocycles. The molecule has 7 nitrogen and oxygen atoms in total. The van der Waals surface area contributed by atoms with Gasteiger partial charge in [0, 0.05) is 13.1 Å². The third-order valence-electron chi connectivity index (χ3n) is 5.85. The number of rotatable bonds is 6. The number of esters is 1. The van der Waals surface area contributed by atoms with E-state index in [2.05, 4.69) is 11.1 Å². The van der Waals surface area contributed by atoms with Crippen molar-refractivity contribution in [1.29, 1.82) is 0 Å². The highest BCUT2D eigenvalue weighted by molar-refractivity contribution is 5.75. The van der Waals surface area contributed by atoms with Crippen LogP contribution in [0.25, 0.3) is 5.57 Å². The van der Waals surface area contributed by atoms with Gasteiger partial charge in [-0.1, -0.05) is 6.08 Å². The molecule has 1 amide bonds. The second kappa shape index (κ2) is 10.8. The summed E-state index contributed by atoms with van der Waals surface area (Å²) in [6.45, 7) is 9.93. The first-order valence-electron chi connectivity index (χ1n) is 11.7. The van der Waals surface area contributed by atoms with Crippen molar-refractivity contribution >= 4 is 17.6 Å². The fourth-order valence-electron chi connectivity index (χ4n) is 4.02. The van der Waals surface area contributed by atoms with Crippen LogP contribution in [0.5, 0.6) is 5.75 Å². The molecule has 0 saturated carbocycles. The normalized spacial score (nSPS) is 19.8. The van der Waals surface area contributed by atoms with Gasteiger partial charge in [-0.3, -0.25) is 9.78 Å². The average Bonchev–Trinajstić information content (AvgIpc) is 2.77. The predicted octanol–water partition coefficient (Wildman–Crippen LogP) is 4.85. The number of likely N-dealkylation sites (tertiary alicyclic amines) is 1. The standard InChI is InChI=1S/C25H36N2O5/c1-5-30-23(28)20-8-6-19(7-9-20)22-11-10-21(16-26-22)31-17-18-12-14-27(15-13-18)24(29)32-25(2,3)4/h6,10-11,16,18,20H,5,7-9,12-15,17H2,1-4H3. The summed E-state index contributed by atoms with van der Waals surface area (Å²) >= 11 is 0. The van der Waals surface area contributed by atoms with E-state index in [-0.39, 0.29) is 18.0 Å². The highest BCUT2D eigenvalue weighted by Gasteiger charge is 2.27. The summed E-state index contributed by atoms with van der Waals surface area (Å²) in [5.74, 6) is 1.03. The molecule has 1 aromatic rings. The largest absolute Gasteiger partial charge is 0.492 e. The molecule has 32 heavy (non-hydrogen) atoms. The minimum atomic E-state index is -0.466. The number of pyridine rings is 1. The monoisotopic (exact) mass is 444 g/mol. The number of allylic oxidation sites excluding steroid dienone is 2. The van der Waals surface area contributed by atoms with Gasteiger partial charge >= 0.3 is 12.1 Å². The number of carbonyl (C=O) groups is 2. The molecule has 1 aliphatic carbocycles. The Hall–Kier alpha value is -2.57. The van der Waals surface area contributed by atoms with Crippen molar-refractivity contribution in [2.45, 2.75) is 65.4 Å². The topological polar surface area (TPSA) is 78.0 Å². The molecule has 0 bridgehead atoms. The van der Waals surface area contributed by atoms with Crippen LogP contribution < -0.4 is 4.74 Å². The van der Waals surface area contributed by atoms with E-state index in [0.29, 0.717) is 38.6 Å². The Morgan fingerprint density at radius 1 is 1.16 bits per heavy atom. The molecular formula is C25H36N2O5. The molecule has 0 aromatic carbocycles. The zero-order valence-electron chi connectivity index (χ0n) is 19.8. The van der Waals surface area contributed by atoms with E-state index in [1.807, 2.05) is 39.8 Å². The van der Waals surface area contributed by atoms with E-state index >= 15 is 0 Å². The Kier molecular flexibility index (Phi) is 8.15. The van der Waals surface area contributed by atoms with Gasteiger partial charge in [0.1, 0.15) is 11.4 Å². The zero-order valence-corrected chi connectivity index (χ0v) is 19.8. The van der Waals surface area contributed by atoms with Gasteiger partial charge in [-0.25, -0.2) is 4.79 Å². The van der Waals surface area contributed by atoms with Crippen LogP contribution in [0.15, 0.2) is 24.4 Å². The fourth-order valence-corrected chi connectivity index (χ4v) is 4.02. The molecular weight excluding hydrogens is 408 g/mol. The fraction of sp³-hybridized carbons (Fsp3) is 0.640. The average molecular weight is 445 g/mol. The van der Waals surface area contributed by atoms with Crippen molar-refractivity contribution in [2.24, 2.45) is 11.8 Å². The maximum atomic E-state index is 12.2. The lowest BCUT2D eigenvalue weighted by Crippen LogP contribution is -2.42. The maximum absolute atomic E-state index is 12.2. The van der Waals surface area contributed by atoms with Gasteiger partial charge in [0.25, 0.3) is 0 Å². The Morgan fingerprint density at radius 3 is 2.47 bits per heavy atom. The number of aromatic nitrogens is 1. The van der Waals surface area contributed by atoms with Gasteiger partial charge in [-0.2, -0.15) is 0 Å². The quantitative estimate of drug-likeness (QED) is 0.584. The lowest BCUT2D eigenvalue weighted by molar-refractivity contribution is -0.148. The number of carbonyl (C=O) groups excluding carboxylic acids is 2. The SMILES string of the molecule is CCOC(=O)C1CC=C(c2ccc(OCC3CCN(C(=O)OC(C)(C)C)CC3)cn2)CC1. The van der Waals surface area contributed by atoms with Crippen molar-refractivity contribution in [3.05, 3.63) is 30.1 Å². The first kappa shape index (κ1) is 24.1. The molecule has 2 heterocycles. The number of ether oxygens (including phenoxy) is 3. The second-order valence-corrected chi connectivity index (χ2v) is 9.55. The van der Waals surface area contributed by atoms with Crippen LogP contribution >= 0.6 is 0 Å². The summed E-state index contributed by atoms with van der Waals surface area (Å²) in [6, 6.07) is 3.94. The molecule has 2 aliphatic rings. The minimum absolute atomic E-state index is 0.0388. The van der Waals surface area contributed by atoms with Crippen molar-refractivity contribution in [3.63, 3.8) is 0 Å². The molecule has 7 heteroatoms. The lowest BCUT2D eigenvalue weighted by atomic mass is 9.88. The Labute approximate surface area is 191 Å². The maximum Gasteiger partial charge on any atom is 0.410 e. The summed E-state index contributed by atoms with van der Waals surface area (Å²) < 4.78 is 16.5. The van der Waals surface area contributed by atoms with Crippen molar-refractivity contribution < 1.29 is 23.8 Å². The summed E-state index contributed by atoms with van der Waals surface area (Å²) in [6.07, 6.45) is 7.77. The van der Waals surface area contributed by atoms with Gasteiger partial charge in [-0.15, -0.1) is 0 Å². The molecule has 1 fully saturated rings. The number of nitrogens with zero attached hydrogens (tertiary/aromatic N) is 2. The summed E-state index contributed by atoms with van der Waals surface area (Å²) in [4.78, 5) is 30.4. The molecule has 3 rings (SSSR count). The van der Waals surface area contributed by atoms with Crippen molar-refractivity contribution in [2.75, 3.05) is 26.3 Å². The van der Waals surface area contributed by atoms with E-state index in [1.165, 1.54) is 5.57 Å². The van der Waals surface area contributed by atoms with Crippen LogP contribution in [-0.2, 0) is 14.3 Å². The molecule has 1 saturated heterocycles. The van der Waals surface area contributed by atoms with E-state index in [1.54, 1.807) is 11.1 Å². The molecule has 0 spiro atoms. The van der Waals surface area contributed by atoms with Crippen LogP contribution in [0.2, 0.25) is 0 Å². The summed E-state index contributed by atoms with van der Waals surface area (Å²) in [5, 5.41) is 0. The van der Waals surface area contributed by atoms with Crippen LogP contribution in [0, 0.1) is 11.8 Å². The Balaban J connectivity index is 1.42. The zero-order chi connectivity index (χ0) is 23.1. The van der Waals surface area contributed by atoms with Crippen LogP contribution in [-0.4, -0.2) is 53.9 Å². The smallest absolute Gasteiger partial charge is 0.410 e. The molecule has 0 N–H and O–H groups in total. The summed E-state index contributed by atoms with van der Waals surface area (Å²) in [7, 11) is 0. The highest BCUT2D eigenvalue weighted by atomic mass is 16.6. The van der Waals surface area contributed by atoms with Gasteiger partial charge in [0.2, 0.25) is 0 Å². The number of hydrogen-bond donors (Lipinski definition) is 0. The number of amides is 1. The van der Waals surface area contributed by atoms with Crippen molar-refractivity contribution in [1.82, 2.24) is 9.88 Å². The van der Waals surface area contributed by atoms with Crippen LogP contribution in [0.1, 0.15) is 65.5 Å². The Morgan fingerprint density at radius 2 is 1.91 bits per heavy atom. The van der Waals surface area contributed by atoms with E-state index in [9.17, 15) is 9.59 Å². The number of piperidine rings is 1. The number of hydrogen-bond acceptors (Lipinski definition) is 6. The molecule has 1 atom stereocenters. The lowest BCUT2D eigenvalue weighted by Gasteiger charge is -2.33. The van der Waals surface area contributed by atoms with Gasteiger partial charge < -0.3 is 19.1 Å². The molecule has 176 valence electrons. The first-order chi connectivity index (χ1) is 15.2. The summed E-state index contributed by atoms with van der Waals surface area (Å²) in [5.41, 5.74) is 1.64. The van der Waals surface area contributed by atoms with Gasteiger partial charge in [-0.05, 0) is 83.4 Å². The third kappa shape index (κ3) is 6.97. The molecule has 0 radical (unpaired) electrons. The van der Waals surface area contributed by atoms with Gasteiger partial charge in [0.05, 0.1) is 31.0 Å². The molecule has 1 aromatic heterocycles. The van der Waals surface area contributed by atoms with Crippen LogP contribution in [0.4, 0.5) is 4.79 Å². The predicted molar refractivity (Wildman–Crippen MR) is 122 cm³/mol.